The van der Waals surface area contributed by atoms with Crippen LogP contribution in [0.1, 0.15) is 19.4 Å². The van der Waals surface area contributed by atoms with Crippen molar-refractivity contribution in [1.29, 1.82) is 0 Å². The van der Waals surface area contributed by atoms with Crippen molar-refractivity contribution in [2.75, 3.05) is 12.9 Å². The maximum atomic E-state index is 12.8. The number of carbonyl (C=O) groups excluding carboxylic acids is 4. The van der Waals surface area contributed by atoms with Gasteiger partial charge in [-0.2, -0.15) is 0 Å². The van der Waals surface area contributed by atoms with Crippen molar-refractivity contribution in [3.05, 3.63) is 41.2 Å². The fourth-order valence-electron chi connectivity index (χ4n) is 3.08. The number of benzene rings is 1. The lowest BCUT2D eigenvalue weighted by molar-refractivity contribution is -0.153. The van der Waals surface area contributed by atoms with Gasteiger partial charge in [0.2, 0.25) is 11.8 Å². The highest BCUT2D eigenvalue weighted by Gasteiger charge is 2.54. The maximum Gasteiger partial charge on any atom is 0.357 e. The van der Waals surface area contributed by atoms with Gasteiger partial charge in [-0.25, -0.2) is 4.79 Å². The number of hydrogen-bond acceptors (Lipinski definition) is 7. The van der Waals surface area contributed by atoms with E-state index >= 15 is 0 Å². The second-order valence-corrected chi connectivity index (χ2v) is 7.63. The molecule has 9 nitrogen and oxygen atoms in total. The number of esters is 1. The Kier molecular flexibility index (Phi) is 6.12. The minimum atomic E-state index is -0.718. The summed E-state index contributed by atoms with van der Waals surface area (Å²) in [7, 11) is 1.56. The van der Waals surface area contributed by atoms with Crippen LogP contribution in [0.5, 0.6) is 5.75 Å². The predicted octanol–water partition coefficient (Wildman–Crippen LogP) is 0.506. The second-order valence-electron chi connectivity index (χ2n) is 6.52. The quantitative estimate of drug-likeness (QED) is 0.510. The fraction of sp³-hybridized carbons (Fsp3) is 0.368. The molecule has 10 heteroatoms. The molecular formula is C19H21N3O6S. The Hall–Kier alpha value is -3.01. The highest BCUT2D eigenvalue weighted by atomic mass is 32.2. The highest BCUT2D eigenvalue weighted by Crippen LogP contribution is 2.40. The van der Waals surface area contributed by atoms with Crippen LogP contribution >= 0.6 is 11.8 Å². The summed E-state index contributed by atoms with van der Waals surface area (Å²) in [5.41, 5.74) is 1.06. The van der Waals surface area contributed by atoms with Gasteiger partial charge in [-0.05, 0) is 17.7 Å². The van der Waals surface area contributed by atoms with Gasteiger partial charge < -0.3 is 20.1 Å². The number of nitrogens with one attached hydrogen (secondary N) is 2. The molecule has 1 saturated heterocycles. The molecule has 3 rings (SSSR count). The molecule has 0 bridgehead atoms. The third kappa shape index (κ3) is 4.37. The Morgan fingerprint density at radius 3 is 2.45 bits per heavy atom. The van der Waals surface area contributed by atoms with Crippen LogP contribution in [0.4, 0.5) is 0 Å². The van der Waals surface area contributed by atoms with E-state index < -0.39 is 23.3 Å². The van der Waals surface area contributed by atoms with Gasteiger partial charge in [0.15, 0.2) is 5.70 Å². The summed E-state index contributed by atoms with van der Waals surface area (Å²) in [6.45, 7) is 2.64. The van der Waals surface area contributed by atoms with Crippen molar-refractivity contribution in [3.63, 3.8) is 0 Å². The molecule has 29 heavy (non-hydrogen) atoms. The number of ether oxygens (including phenoxy) is 2. The average Bonchev–Trinajstić information content (AvgIpc) is 2.69. The summed E-state index contributed by atoms with van der Waals surface area (Å²) >= 11 is 1.35. The number of rotatable bonds is 6. The molecule has 0 radical (unpaired) electrons. The molecule has 2 N–H and O–H groups in total. The Bertz CT molecular complexity index is 882. The van der Waals surface area contributed by atoms with Crippen LogP contribution in [0.15, 0.2) is 35.7 Å². The lowest BCUT2D eigenvalue weighted by Gasteiger charge is -2.49. The summed E-state index contributed by atoms with van der Waals surface area (Å²) < 4.78 is 10.5. The first-order chi connectivity index (χ1) is 13.8. The number of amides is 3. The zero-order chi connectivity index (χ0) is 21.1. The largest absolute Gasteiger partial charge is 0.497 e. The second kappa shape index (κ2) is 8.56. The Balaban J connectivity index is 1.78. The van der Waals surface area contributed by atoms with Crippen LogP contribution in [-0.2, 0) is 30.5 Å². The van der Waals surface area contributed by atoms with Crippen molar-refractivity contribution in [2.45, 2.75) is 31.9 Å². The Labute approximate surface area is 171 Å². The number of carbonyl (C=O) groups is 4. The first-order valence-electron chi connectivity index (χ1n) is 8.84. The van der Waals surface area contributed by atoms with Crippen LogP contribution in [0, 0.1) is 0 Å². The van der Waals surface area contributed by atoms with E-state index in [4.69, 9.17) is 9.47 Å². The molecule has 2 aliphatic heterocycles. The molecule has 2 atom stereocenters. The van der Waals surface area contributed by atoms with Gasteiger partial charge in [0, 0.05) is 19.6 Å². The van der Waals surface area contributed by atoms with Crippen molar-refractivity contribution < 1.29 is 28.7 Å². The van der Waals surface area contributed by atoms with Gasteiger partial charge in [0.25, 0.3) is 5.91 Å². The molecule has 154 valence electrons. The highest BCUT2D eigenvalue weighted by molar-refractivity contribution is 8.00. The number of hydrogen-bond donors (Lipinski definition) is 2. The van der Waals surface area contributed by atoms with Gasteiger partial charge in [0.05, 0.1) is 12.8 Å². The molecule has 1 unspecified atom stereocenters. The van der Waals surface area contributed by atoms with Gasteiger partial charge >= 0.3 is 5.97 Å². The van der Waals surface area contributed by atoms with Crippen LogP contribution < -0.4 is 15.4 Å². The first-order valence-corrected chi connectivity index (χ1v) is 9.89. The lowest BCUT2D eigenvalue weighted by Crippen LogP contribution is -2.70. The van der Waals surface area contributed by atoms with Gasteiger partial charge in [0.1, 0.15) is 23.8 Å². The lowest BCUT2D eigenvalue weighted by atomic mass is 10.0. The van der Waals surface area contributed by atoms with Gasteiger partial charge in [-0.15, -0.1) is 11.8 Å². The predicted molar refractivity (Wildman–Crippen MR) is 104 cm³/mol. The fourth-order valence-corrected chi connectivity index (χ4v) is 4.36. The van der Waals surface area contributed by atoms with Crippen LogP contribution in [-0.4, -0.2) is 52.9 Å². The zero-order valence-electron chi connectivity index (χ0n) is 16.2. The molecule has 1 aromatic carbocycles. The van der Waals surface area contributed by atoms with Crippen LogP contribution in [0.3, 0.4) is 0 Å². The average molecular weight is 419 g/mol. The zero-order valence-corrected chi connectivity index (χ0v) is 17.0. The molecular weight excluding hydrogens is 398 g/mol. The summed E-state index contributed by atoms with van der Waals surface area (Å²) in [6, 6.07) is 6.30. The molecule has 0 aliphatic carbocycles. The number of nitrogens with zero attached hydrogens (tertiary/aromatic N) is 1. The molecule has 2 aliphatic rings. The molecule has 0 saturated carbocycles. The van der Waals surface area contributed by atoms with Crippen LogP contribution in [0.2, 0.25) is 0 Å². The molecule has 1 fully saturated rings. The van der Waals surface area contributed by atoms with Crippen molar-refractivity contribution in [3.8, 4) is 5.75 Å². The standard InChI is InChI=1S/C19H21N3O6S/c1-10(23)20-14-9-29-18-15(21-11(2)24)17(25)22(18)16(14)19(26)28-8-12-4-6-13(27-3)7-5-12/h4-7,15,18H,8-9H2,1-3H3,(H,20,23)(H,21,24)/t15?,18-/m0/s1. The van der Waals surface area contributed by atoms with Crippen molar-refractivity contribution in [1.82, 2.24) is 15.5 Å². The monoisotopic (exact) mass is 419 g/mol. The minimum Gasteiger partial charge on any atom is -0.497 e. The van der Waals surface area contributed by atoms with E-state index in [1.807, 2.05) is 0 Å². The van der Waals surface area contributed by atoms with E-state index in [1.165, 1.54) is 30.5 Å². The van der Waals surface area contributed by atoms with Gasteiger partial charge in [-0.3, -0.25) is 19.3 Å². The van der Waals surface area contributed by atoms with Gasteiger partial charge in [-0.1, -0.05) is 12.1 Å². The van der Waals surface area contributed by atoms with E-state index in [1.54, 1.807) is 31.4 Å². The van der Waals surface area contributed by atoms with E-state index in [2.05, 4.69) is 10.6 Å². The normalized spacial score (nSPS) is 20.4. The number of methoxy groups -OCH3 is 1. The first kappa shape index (κ1) is 20.7. The Morgan fingerprint density at radius 2 is 1.86 bits per heavy atom. The smallest absolute Gasteiger partial charge is 0.357 e. The number of β-lactam (4-membered cyclic amide) rings is 1. The van der Waals surface area contributed by atoms with E-state index in [9.17, 15) is 19.2 Å². The summed E-state index contributed by atoms with van der Waals surface area (Å²) in [4.78, 5) is 49.5. The summed E-state index contributed by atoms with van der Waals surface area (Å²) in [6.07, 6.45) is 0. The molecule has 0 spiro atoms. The summed E-state index contributed by atoms with van der Waals surface area (Å²) in [5, 5.41) is 4.77. The maximum absolute atomic E-state index is 12.8. The Morgan fingerprint density at radius 1 is 1.17 bits per heavy atom. The van der Waals surface area contributed by atoms with E-state index in [0.29, 0.717) is 17.2 Å². The van der Waals surface area contributed by atoms with Crippen molar-refractivity contribution in [2.24, 2.45) is 0 Å². The third-order valence-corrected chi connectivity index (χ3v) is 5.66. The van der Waals surface area contributed by atoms with Crippen LogP contribution in [0.25, 0.3) is 0 Å². The van der Waals surface area contributed by atoms with Crippen molar-refractivity contribution >= 4 is 35.5 Å². The summed E-state index contributed by atoms with van der Waals surface area (Å²) in [5.74, 6) is -0.842. The molecule has 0 aromatic heterocycles. The molecule has 1 aromatic rings. The molecule has 3 amide bonds. The minimum absolute atomic E-state index is 0.00376. The topological polar surface area (TPSA) is 114 Å². The number of fused-ring (bicyclic) bond motifs is 1. The third-order valence-electron chi connectivity index (χ3n) is 4.38. The van der Waals surface area contributed by atoms with E-state index in [0.717, 1.165) is 5.56 Å². The molecule has 2 heterocycles. The van der Waals surface area contributed by atoms with E-state index in [-0.39, 0.29) is 24.1 Å². The SMILES string of the molecule is COc1ccc(COC(=O)C2=C(NC(C)=O)CS[C@H]3C(NC(C)=O)C(=O)N23)cc1. The number of thioether (sulfide) groups is 1.